The van der Waals surface area contributed by atoms with Crippen molar-refractivity contribution in [1.82, 2.24) is 9.97 Å². The summed E-state index contributed by atoms with van der Waals surface area (Å²) in [4.78, 5) is 18.4. The van der Waals surface area contributed by atoms with Crippen LogP contribution in [0.1, 0.15) is 10.4 Å². The number of nitrogens with zero attached hydrogens (tertiary/aromatic N) is 2. The predicted octanol–water partition coefficient (Wildman–Crippen LogP) is 3.12. The zero-order valence-electron chi connectivity index (χ0n) is 8.80. The first kappa shape index (κ1) is 12.8. The highest BCUT2D eigenvalue weighted by Gasteiger charge is 2.09. The summed E-state index contributed by atoms with van der Waals surface area (Å²) in [5.41, 5.74) is 0.0730. The molecule has 0 aromatic carbocycles. The van der Waals surface area contributed by atoms with Crippen molar-refractivity contribution in [2.45, 2.75) is 10.1 Å². The van der Waals surface area contributed by atoms with Gasteiger partial charge < -0.3 is 5.11 Å². The molecule has 0 bridgehead atoms. The monoisotopic (exact) mass is 284 g/mol. The second kappa shape index (κ2) is 5.32. The third kappa shape index (κ3) is 2.96. The molecular formula is C11H6ClFN2O2S. The minimum atomic E-state index is -1.06. The van der Waals surface area contributed by atoms with Crippen molar-refractivity contribution >= 4 is 29.3 Å². The Morgan fingerprint density at radius 3 is 2.67 bits per heavy atom. The van der Waals surface area contributed by atoms with E-state index in [1.807, 2.05) is 0 Å². The van der Waals surface area contributed by atoms with Gasteiger partial charge in [-0.25, -0.2) is 19.2 Å². The zero-order chi connectivity index (χ0) is 13.1. The Hall–Kier alpha value is -1.66. The number of rotatable bonds is 3. The van der Waals surface area contributed by atoms with Crippen LogP contribution < -0.4 is 0 Å². The lowest BCUT2D eigenvalue weighted by molar-refractivity contribution is 0.0696. The van der Waals surface area contributed by atoms with E-state index < -0.39 is 11.8 Å². The standard InChI is InChI=1S/C11H6ClFN2O2S/c12-7-3-8(13)10(15-5-7)18-9-2-1-6(4-14-9)11(16)17/h1-5H,(H,16,17). The maximum Gasteiger partial charge on any atom is 0.337 e. The molecule has 7 heteroatoms. The first-order chi connectivity index (χ1) is 8.56. The number of aromatic carboxylic acids is 1. The molecule has 0 aliphatic heterocycles. The van der Waals surface area contributed by atoms with Crippen molar-refractivity contribution in [3.63, 3.8) is 0 Å². The van der Waals surface area contributed by atoms with Crippen LogP contribution in [0.25, 0.3) is 0 Å². The van der Waals surface area contributed by atoms with E-state index in [0.29, 0.717) is 5.03 Å². The first-order valence-corrected chi connectivity index (χ1v) is 5.94. The maximum atomic E-state index is 13.5. The molecule has 0 radical (unpaired) electrons. The zero-order valence-corrected chi connectivity index (χ0v) is 10.4. The van der Waals surface area contributed by atoms with Gasteiger partial charge >= 0.3 is 5.97 Å². The fraction of sp³-hybridized carbons (Fsp3) is 0. The summed E-state index contributed by atoms with van der Waals surface area (Å²) in [5, 5.41) is 9.51. The molecule has 4 nitrogen and oxygen atoms in total. The summed E-state index contributed by atoms with van der Waals surface area (Å²) in [6.07, 6.45) is 2.54. The molecule has 2 rings (SSSR count). The molecule has 92 valence electrons. The second-order valence-electron chi connectivity index (χ2n) is 3.23. The minimum Gasteiger partial charge on any atom is -0.478 e. The molecule has 2 aromatic heterocycles. The Morgan fingerprint density at radius 1 is 1.33 bits per heavy atom. The molecule has 0 aliphatic carbocycles. The van der Waals surface area contributed by atoms with Crippen LogP contribution in [0.5, 0.6) is 0 Å². The number of carboxylic acids is 1. The van der Waals surface area contributed by atoms with E-state index in [2.05, 4.69) is 9.97 Å². The van der Waals surface area contributed by atoms with Crippen LogP contribution in [0.2, 0.25) is 5.02 Å². The lowest BCUT2D eigenvalue weighted by Gasteiger charge is -2.02. The van der Waals surface area contributed by atoms with Gasteiger partial charge in [0.2, 0.25) is 0 Å². The molecular weight excluding hydrogens is 279 g/mol. The number of halogens is 2. The van der Waals surface area contributed by atoms with Gasteiger partial charge in [-0.3, -0.25) is 0 Å². The van der Waals surface area contributed by atoms with E-state index in [1.54, 1.807) is 0 Å². The quantitative estimate of drug-likeness (QED) is 0.938. The van der Waals surface area contributed by atoms with Crippen LogP contribution in [0.4, 0.5) is 4.39 Å². The van der Waals surface area contributed by atoms with Gasteiger partial charge in [-0.1, -0.05) is 11.6 Å². The van der Waals surface area contributed by atoms with Gasteiger partial charge in [-0.2, -0.15) is 0 Å². The molecule has 2 heterocycles. The average molecular weight is 285 g/mol. The summed E-state index contributed by atoms with van der Waals surface area (Å²) >= 11 is 6.58. The van der Waals surface area contributed by atoms with E-state index >= 15 is 0 Å². The maximum absolute atomic E-state index is 13.5. The molecule has 0 saturated heterocycles. The Labute approximate surface area is 111 Å². The van der Waals surface area contributed by atoms with Crippen LogP contribution in [0.3, 0.4) is 0 Å². The van der Waals surface area contributed by atoms with Gasteiger partial charge in [0, 0.05) is 12.4 Å². The number of aromatic nitrogens is 2. The normalized spacial score (nSPS) is 10.3. The summed E-state index contributed by atoms with van der Waals surface area (Å²) in [5.74, 6) is -1.61. The predicted molar refractivity (Wildman–Crippen MR) is 64.5 cm³/mol. The van der Waals surface area contributed by atoms with Crippen LogP contribution in [-0.4, -0.2) is 21.0 Å². The lowest BCUT2D eigenvalue weighted by Crippen LogP contribution is -1.97. The van der Waals surface area contributed by atoms with Gasteiger partial charge in [0.25, 0.3) is 0 Å². The van der Waals surface area contributed by atoms with Crippen LogP contribution in [0.15, 0.2) is 40.6 Å². The van der Waals surface area contributed by atoms with Gasteiger partial charge in [-0.15, -0.1) is 0 Å². The van der Waals surface area contributed by atoms with E-state index in [9.17, 15) is 9.18 Å². The SMILES string of the molecule is O=C(O)c1ccc(Sc2ncc(Cl)cc2F)nc1. The highest BCUT2D eigenvalue weighted by molar-refractivity contribution is 7.99. The fourth-order valence-electron chi connectivity index (χ4n) is 1.14. The van der Waals surface area contributed by atoms with Crippen molar-refractivity contribution in [2.75, 3.05) is 0 Å². The van der Waals surface area contributed by atoms with Gasteiger partial charge in [0.1, 0.15) is 10.1 Å². The van der Waals surface area contributed by atoms with Gasteiger partial charge in [0.05, 0.1) is 10.6 Å². The molecule has 0 atom stereocenters. The van der Waals surface area contributed by atoms with Crippen LogP contribution >= 0.6 is 23.4 Å². The van der Waals surface area contributed by atoms with Crippen molar-refractivity contribution in [1.29, 1.82) is 0 Å². The van der Waals surface area contributed by atoms with Crippen LogP contribution in [0, 0.1) is 5.82 Å². The van der Waals surface area contributed by atoms with Crippen molar-refractivity contribution in [3.05, 3.63) is 47.0 Å². The van der Waals surface area contributed by atoms with E-state index in [1.165, 1.54) is 24.5 Å². The van der Waals surface area contributed by atoms with Crippen molar-refractivity contribution in [3.8, 4) is 0 Å². The fourth-order valence-corrected chi connectivity index (χ4v) is 1.99. The summed E-state index contributed by atoms with van der Waals surface area (Å²) < 4.78 is 13.5. The lowest BCUT2D eigenvalue weighted by atomic mass is 10.3. The number of hydrogen-bond acceptors (Lipinski definition) is 4. The number of carboxylic acid groups (broad SMARTS) is 1. The number of pyridine rings is 2. The Balaban J connectivity index is 2.21. The van der Waals surface area contributed by atoms with E-state index in [-0.39, 0.29) is 15.6 Å². The van der Waals surface area contributed by atoms with Crippen molar-refractivity contribution < 1.29 is 14.3 Å². The molecule has 18 heavy (non-hydrogen) atoms. The third-order valence-electron chi connectivity index (χ3n) is 1.96. The highest BCUT2D eigenvalue weighted by Crippen LogP contribution is 2.27. The van der Waals surface area contributed by atoms with E-state index in [4.69, 9.17) is 16.7 Å². The second-order valence-corrected chi connectivity index (χ2v) is 4.68. The largest absolute Gasteiger partial charge is 0.478 e. The molecule has 0 saturated carbocycles. The number of hydrogen-bond donors (Lipinski definition) is 1. The first-order valence-electron chi connectivity index (χ1n) is 4.74. The minimum absolute atomic E-state index is 0.0730. The van der Waals surface area contributed by atoms with Gasteiger partial charge in [-0.05, 0) is 30.0 Å². The molecule has 1 N–H and O–H groups in total. The number of carbonyl (C=O) groups is 1. The summed E-state index contributed by atoms with van der Waals surface area (Å²) in [6.45, 7) is 0. The molecule has 0 aliphatic rings. The summed E-state index contributed by atoms with van der Waals surface area (Å²) in [6, 6.07) is 4.04. The summed E-state index contributed by atoms with van der Waals surface area (Å²) in [7, 11) is 0. The average Bonchev–Trinajstić information content (AvgIpc) is 2.33. The molecule has 0 amide bonds. The van der Waals surface area contributed by atoms with Crippen LogP contribution in [-0.2, 0) is 0 Å². The smallest absolute Gasteiger partial charge is 0.337 e. The van der Waals surface area contributed by atoms with Gasteiger partial charge in [0.15, 0.2) is 5.82 Å². The topological polar surface area (TPSA) is 63.1 Å². The molecule has 0 fully saturated rings. The molecule has 0 spiro atoms. The molecule has 0 unspecified atom stereocenters. The Kier molecular flexibility index (Phi) is 3.78. The highest BCUT2D eigenvalue weighted by atomic mass is 35.5. The van der Waals surface area contributed by atoms with E-state index in [0.717, 1.165) is 17.8 Å². The molecule has 2 aromatic rings. The Morgan fingerprint density at radius 2 is 2.11 bits per heavy atom. The Bertz CT molecular complexity index is 592. The van der Waals surface area contributed by atoms with Crippen molar-refractivity contribution in [2.24, 2.45) is 0 Å². The third-order valence-corrected chi connectivity index (χ3v) is 3.11.